The van der Waals surface area contributed by atoms with Gasteiger partial charge in [-0.05, 0) is 32.1 Å². The van der Waals surface area contributed by atoms with Crippen LogP contribution < -0.4 is 5.32 Å². The summed E-state index contributed by atoms with van der Waals surface area (Å²) in [6.07, 6.45) is 58.4. The standard InChI is InChI=1S/C74H141NO13/c1-3-5-7-9-11-13-15-17-19-21-23-24-25-26-27-28-29-30-31-32-33-34-35-36-37-38-39-40-42-44-46-48-50-52-54-56-58-66(79)75-62(63(78)57-55-53-51-49-47-45-43-41-22-20-18-16-14-12-10-8-6-4-2)61-85-73-71(84)69(82)72(65(60-77)87-73)88-74-70(83)68(81)67(80)64(59-76)86-74/h47,49,55,57,62-65,67-74,76-78,80-84H,3-46,48,50-54,56,58-61H2,1-2H3,(H,75,79)/b49-47+,57-55+. The van der Waals surface area contributed by atoms with E-state index in [1.165, 1.54) is 283 Å². The smallest absolute Gasteiger partial charge is 0.220 e. The Hall–Kier alpha value is -1.53. The van der Waals surface area contributed by atoms with Crippen molar-refractivity contribution in [3.63, 3.8) is 0 Å². The van der Waals surface area contributed by atoms with Gasteiger partial charge in [0.1, 0.15) is 48.8 Å². The molecular weight excluding hydrogens is 1110 g/mol. The molecule has 2 saturated heterocycles. The van der Waals surface area contributed by atoms with Gasteiger partial charge in [-0.3, -0.25) is 4.79 Å². The normalized spacial score (nSPS) is 23.2. The molecule has 2 heterocycles. The second kappa shape index (κ2) is 59.2. The van der Waals surface area contributed by atoms with Gasteiger partial charge >= 0.3 is 0 Å². The maximum Gasteiger partial charge on any atom is 0.220 e. The summed E-state index contributed by atoms with van der Waals surface area (Å²) < 4.78 is 22.8. The van der Waals surface area contributed by atoms with Crippen LogP contribution in [0.25, 0.3) is 0 Å². The number of aliphatic hydroxyl groups excluding tert-OH is 8. The van der Waals surface area contributed by atoms with E-state index in [0.29, 0.717) is 12.8 Å². The van der Waals surface area contributed by atoms with Crippen LogP contribution in [-0.4, -0.2) is 140 Å². The predicted octanol–water partition coefficient (Wildman–Crippen LogP) is 15.9. The van der Waals surface area contributed by atoms with Crippen molar-refractivity contribution in [2.24, 2.45) is 0 Å². The number of nitrogens with one attached hydrogen (secondary N) is 1. The van der Waals surface area contributed by atoms with Crippen LogP contribution in [0.15, 0.2) is 24.3 Å². The Labute approximate surface area is 539 Å². The summed E-state index contributed by atoms with van der Waals surface area (Å²) in [4.78, 5) is 13.3. The van der Waals surface area contributed by atoms with Gasteiger partial charge in [-0.1, -0.05) is 334 Å². The summed E-state index contributed by atoms with van der Waals surface area (Å²) in [5.41, 5.74) is 0. The lowest BCUT2D eigenvalue weighted by molar-refractivity contribution is -0.359. The van der Waals surface area contributed by atoms with Crippen LogP contribution in [0.4, 0.5) is 0 Å². The zero-order valence-electron chi connectivity index (χ0n) is 56.7. The molecule has 520 valence electrons. The number of hydrogen-bond acceptors (Lipinski definition) is 13. The van der Waals surface area contributed by atoms with Gasteiger partial charge in [0.05, 0.1) is 32.0 Å². The number of aliphatic hydroxyl groups is 8. The van der Waals surface area contributed by atoms with Crippen molar-refractivity contribution < 1.29 is 64.6 Å². The number of hydrogen-bond donors (Lipinski definition) is 9. The molecule has 0 aromatic rings. The Balaban J connectivity index is 1.59. The Morgan fingerprint density at radius 3 is 1.11 bits per heavy atom. The predicted molar refractivity (Wildman–Crippen MR) is 360 cm³/mol. The minimum Gasteiger partial charge on any atom is -0.394 e. The summed E-state index contributed by atoms with van der Waals surface area (Å²) in [7, 11) is 0. The average molecular weight is 1250 g/mol. The van der Waals surface area contributed by atoms with E-state index < -0.39 is 86.8 Å². The summed E-state index contributed by atoms with van der Waals surface area (Å²) in [5.74, 6) is -0.241. The summed E-state index contributed by atoms with van der Waals surface area (Å²) in [6, 6.07) is -0.929. The largest absolute Gasteiger partial charge is 0.394 e. The molecule has 2 aliphatic rings. The van der Waals surface area contributed by atoms with Crippen molar-refractivity contribution in [2.75, 3.05) is 19.8 Å². The molecule has 0 bridgehead atoms. The first kappa shape index (κ1) is 82.6. The molecule has 9 N–H and O–H groups in total. The number of unbranched alkanes of at least 4 members (excludes halogenated alkanes) is 48. The third-order valence-corrected chi connectivity index (χ3v) is 18.6. The maximum atomic E-state index is 13.3. The first-order valence-electron chi connectivity index (χ1n) is 37.6. The van der Waals surface area contributed by atoms with E-state index in [1.807, 2.05) is 6.08 Å². The molecule has 0 aliphatic carbocycles. The number of ether oxygens (including phenoxy) is 4. The van der Waals surface area contributed by atoms with Gasteiger partial charge in [-0.2, -0.15) is 0 Å². The van der Waals surface area contributed by atoms with Crippen LogP contribution >= 0.6 is 0 Å². The van der Waals surface area contributed by atoms with Gasteiger partial charge in [0.2, 0.25) is 5.91 Å². The van der Waals surface area contributed by atoms with E-state index in [9.17, 15) is 45.6 Å². The minimum atomic E-state index is -1.79. The molecule has 88 heavy (non-hydrogen) atoms. The fourth-order valence-corrected chi connectivity index (χ4v) is 12.7. The molecule has 2 aliphatic heterocycles. The molecule has 14 heteroatoms. The second-order valence-corrected chi connectivity index (χ2v) is 26.8. The van der Waals surface area contributed by atoms with Crippen LogP contribution in [-0.2, 0) is 23.7 Å². The lowest BCUT2D eigenvalue weighted by Gasteiger charge is -2.46. The number of carbonyl (C=O) groups is 1. The van der Waals surface area contributed by atoms with Gasteiger partial charge in [-0.25, -0.2) is 0 Å². The second-order valence-electron chi connectivity index (χ2n) is 26.8. The zero-order valence-corrected chi connectivity index (χ0v) is 56.7. The highest BCUT2D eigenvalue weighted by Crippen LogP contribution is 2.30. The van der Waals surface area contributed by atoms with Crippen molar-refractivity contribution in [1.82, 2.24) is 5.32 Å². The van der Waals surface area contributed by atoms with E-state index in [4.69, 9.17) is 18.9 Å². The van der Waals surface area contributed by atoms with Crippen molar-refractivity contribution in [2.45, 2.75) is 421 Å². The first-order chi connectivity index (χ1) is 43.1. The van der Waals surface area contributed by atoms with Crippen LogP contribution in [0.5, 0.6) is 0 Å². The Bertz CT molecular complexity index is 1570. The number of amides is 1. The Morgan fingerprint density at radius 2 is 0.727 bits per heavy atom. The molecule has 12 unspecified atom stereocenters. The quantitative estimate of drug-likeness (QED) is 0.0204. The van der Waals surface area contributed by atoms with E-state index in [-0.39, 0.29) is 18.9 Å². The van der Waals surface area contributed by atoms with E-state index in [1.54, 1.807) is 6.08 Å². The molecule has 0 saturated carbocycles. The Kier molecular flexibility index (Phi) is 55.6. The topological polar surface area (TPSA) is 228 Å². The van der Waals surface area contributed by atoms with E-state index >= 15 is 0 Å². The highest BCUT2D eigenvalue weighted by Gasteiger charge is 2.51. The molecule has 12 atom stereocenters. The Morgan fingerprint density at radius 1 is 0.398 bits per heavy atom. The number of allylic oxidation sites excluding steroid dienone is 3. The maximum absolute atomic E-state index is 13.3. The van der Waals surface area contributed by atoms with E-state index in [2.05, 4.69) is 31.3 Å². The van der Waals surface area contributed by atoms with Crippen LogP contribution in [0.2, 0.25) is 0 Å². The molecule has 0 aromatic carbocycles. The highest BCUT2D eigenvalue weighted by molar-refractivity contribution is 5.76. The van der Waals surface area contributed by atoms with Gasteiger partial charge in [0, 0.05) is 6.42 Å². The monoisotopic (exact) mass is 1250 g/mol. The zero-order chi connectivity index (χ0) is 63.8. The average Bonchev–Trinajstić information content (AvgIpc) is 2.67. The van der Waals surface area contributed by atoms with Crippen LogP contribution in [0.3, 0.4) is 0 Å². The molecule has 2 rings (SSSR count). The molecule has 14 nitrogen and oxygen atoms in total. The van der Waals surface area contributed by atoms with Gasteiger partial charge < -0.3 is 65.1 Å². The third kappa shape index (κ3) is 42.6. The highest BCUT2D eigenvalue weighted by atomic mass is 16.7. The van der Waals surface area contributed by atoms with Crippen molar-refractivity contribution in [1.29, 1.82) is 0 Å². The SMILES string of the molecule is CCCCCCCCCCCCCC/C=C/CC/C=C/C(O)C(COC1OC(CO)C(OC2OC(CO)C(O)C(O)C2O)C(O)C1O)NC(=O)CCCCCCCCCCCCCCCCCCCCCCCCCCCCCCCCCCCCCC. The van der Waals surface area contributed by atoms with Crippen LogP contribution in [0.1, 0.15) is 348 Å². The van der Waals surface area contributed by atoms with Crippen LogP contribution in [0, 0.1) is 0 Å². The number of rotatable bonds is 63. The van der Waals surface area contributed by atoms with Crippen molar-refractivity contribution in [3.05, 3.63) is 24.3 Å². The molecule has 2 fully saturated rings. The van der Waals surface area contributed by atoms with E-state index in [0.717, 1.165) is 32.1 Å². The summed E-state index contributed by atoms with van der Waals surface area (Å²) >= 11 is 0. The first-order valence-corrected chi connectivity index (χ1v) is 37.6. The molecule has 0 radical (unpaired) electrons. The molecule has 0 spiro atoms. The third-order valence-electron chi connectivity index (χ3n) is 18.6. The fourth-order valence-electron chi connectivity index (χ4n) is 12.7. The van der Waals surface area contributed by atoms with Gasteiger partial charge in [0.15, 0.2) is 12.6 Å². The summed E-state index contributed by atoms with van der Waals surface area (Å²) in [6.45, 7) is 2.83. The van der Waals surface area contributed by atoms with Gasteiger partial charge in [-0.15, -0.1) is 0 Å². The fraction of sp³-hybridized carbons (Fsp3) is 0.932. The lowest BCUT2D eigenvalue weighted by atomic mass is 9.97. The lowest BCUT2D eigenvalue weighted by Crippen LogP contribution is -2.65. The molecule has 1 amide bonds. The number of carbonyl (C=O) groups excluding carboxylic acids is 1. The minimum absolute atomic E-state index is 0.241. The van der Waals surface area contributed by atoms with Crippen molar-refractivity contribution in [3.8, 4) is 0 Å². The van der Waals surface area contributed by atoms with Crippen molar-refractivity contribution >= 4 is 5.91 Å². The van der Waals surface area contributed by atoms with Gasteiger partial charge in [0.25, 0.3) is 0 Å². The summed E-state index contributed by atoms with van der Waals surface area (Å²) in [5, 5.41) is 87.4. The molecule has 0 aromatic heterocycles. The molecular formula is C74H141NO13.